The Morgan fingerprint density at radius 3 is 2.33 bits per heavy atom. The number of hydrogen-bond donors (Lipinski definition) is 2. The maximum absolute atomic E-state index is 11.1. The fourth-order valence-corrected chi connectivity index (χ4v) is 2.03. The Hall–Kier alpha value is -2.00. The predicted octanol–water partition coefficient (Wildman–Crippen LogP) is 3.10. The lowest BCUT2D eigenvalue weighted by Crippen LogP contribution is -2.33. The van der Waals surface area contributed by atoms with Gasteiger partial charge in [0.25, 0.3) is 0 Å². The molecule has 2 aromatic carbocycles. The van der Waals surface area contributed by atoms with Crippen molar-refractivity contribution >= 4 is 17.6 Å². The predicted molar refractivity (Wildman–Crippen MR) is 72.5 cm³/mol. The topological polar surface area (TPSA) is 55.1 Å². The number of rotatable bonds is 3. The number of halogens is 1. The van der Waals surface area contributed by atoms with Crippen LogP contribution in [-0.2, 0) is 0 Å². The molecule has 2 aromatic rings. The molecule has 0 bridgehead atoms. The average molecular weight is 261 g/mol. The van der Waals surface area contributed by atoms with Gasteiger partial charge in [-0.1, -0.05) is 54.1 Å². The van der Waals surface area contributed by atoms with Gasteiger partial charge in [-0.15, -0.1) is 0 Å². The summed E-state index contributed by atoms with van der Waals surface area (Å²) in [7, 11) is 0. The van der Waals surface area contributed by atoms with E-state index >= 15 is 0 Å². The van der Waals surface area contributed by atoms with Crippen LogP contribution in [0, 0.1) is 0 Å². The number of benzene rings is 2. The highest BCUT2D eigenvalue weighted by Gasteiger charge is 2.15. The molecule has 0 saturated carbocycles. The Morgan fingerprint density at radius 2 is 1.72 bits per heavy atom. The van der Waals surface area contributed by atoms with E-state index in [0.29, 0.717) is 5.02 Å². The summed E-state index contributed by atoms with van der Waals surface area (Å²) in [6, 6.07) is 16.1. The molecule has 4 heteroatoms. The minimum absolute atomic E-state index is 0.289. The molecule has 0 radical (unpaired) electrons. The maximum atomic E-state index is 11.1. The molecule has 0 fully saturated rings. The highest BCUT2D eigenvalue weighted by atomic mass is 35.5. The molecule has 0 spiro atoms. The van der Waals surface area contributed by atoms with Crippen molar-refractivity contribution in [3.05, 3.63) is 70.7 Å². The first kappa shape index (κ1) is 12.5. The zero-order valence-electron chi connectivity index (χ0n) is 9.64. The zero-order chi connectivity index (χ0) is 13.0. The molecule has 1 atom stereocenters. The number of amides is 2. The van der Waals surface area contributed by atoms with Gasteiger partial charge in [-0.05, 0) is 23.3 Å². The van der Waals surface area contributed by atoms with E-state index in [9.17, 15) is 4.79 Å². The van der Waals surface area contributed by atoms with Crippen LogP contribution in [0.5, 0.6) is 0 Å². The van der Waals surface area contributed by atoms with Crippen molar-refractivity contribution in [1.82, 2.24) is 5.32 Å². The average Bonchev–Trinajstić information content (AvgIpc) is 2.37. The van der Waals surface area contributed by atoms with Gasteiger partial charge in [-0.2, -0.15) is 0 Å². The van der Waals surface area contributed by atoms with E-state index in [-0.39, 0.29) is 6.04 Å². The molecule has 2 rings (SSSR count). The normalized spacial score (nSPS) is 11.8. The molecule has 0 aliphatic rings. The van der Waals surface area contributed by atoms with Gasteiger partial charge in [0, 0.05) is 5.02 Å². The van der Waals surface area contributed by atoms with Crippen LogP contribution in [0.15, 0.2) is 54.6 Å². The highest BCUT2D eigenvalue weighted by Crippen LogP contribution is 2.24. The van der Waals surface area contributed by atoms with Crippen LogP contribution in [0.2, 0.25) is 5.02 Å². The van der Waals surface area contributed by atoms with Crippen LogP contribution in [0.25, 0.3) is 0 Å². The van der Waals surface area contributed by atoms with Gasteiger partial charge in [0.2, 0.25) is 0 Å². The molecule has 0 aromatic heterocycles. The molecule has 0 aliphatic heterocycles. The van der Waals surface area contributed by atoms with Crippen LogP contribution in [0.3, 0.4) is 0 Å². The van der Waals surface area contributed by atoms with Gasteiger partial charge in [0.05, 0.1) is 6.04 Å². The SMILES string of the molecule is NC(=O)N[C@@H](c1ccccc1)c1cccc(Cl)c1. The van der Waals surface area contributed by atoms with Gasteiger partial charge in [0.1, 0.15) is 0 Å². The zero-order valence-corrected chi connectivity index (χ0v) is 10.4. The van der Waals surface area contributed by atoms with E-state index in [1.165, 1.54) is 0 Å². The van der Waals surface area contributed by atoms with E-state index < -0.39 is 6.03 Å². The minimum Gasteiger partial charge on any atom is -0.352 e. The largest absolute Gasteiger partial charge is 0.352 e. The van der Waals surface area contributed by atoms with Gasteiger partial charge in [0.15, 0.2) is 0 Å². The first-order valence-electron chi connectivity index (χ1n) is 5.53. The van der Waals surface area contributed by atoms with Crippen molar-refractivity contribution in [2.24, 2.45) is 5.73 Å². The van der Waals surface area contributed by atoms with E-state index in [2.05, 4.69) is 5.32 Å². The van der Waals surface area contributed by atoms with Crippen LogP contribution in [-0.4, -0.2) is 6.03 Å². The first-order chi connectivity index (χ1) is 8.66. The summed E-state index contributed by atoms with van der Waals surface area (Å²) in [6.07, 6.45) is 0. The Morgan fingerprint density at radius 1 is 1.06 bits per heavy atom. The fraction of sp³-hybridized carbons (Fsp3) is 0.0714. The molecular weight excluding hydrogens is 248 g/mol. The van der Waals surface area contributed by atoms with Crippen molar-refractivity contribution in [1.29, 1.82) is 0 Å². The number of hydrogen-bond acceptors (Lipinski definition) is 1. The van der Waals surface area contributed by atoms with Crippen LogP contribution in [0.1, 0.15) is 17.2 Å². The Kier molecular flexibility index (Phi) is 3.85. The van der Waals surface area contributed by atoms with Crippen molar-refractivity contribution < 1.29 is 4.79 Å². The minimum atomic E-state index is -0.566. The smallest absolute Gasteiger partial charge is 0.312 e. The Labute approximate surface area is 111 Å². The second-order valence-corrected chi connectivity index (χ2v) is 4.34. The summed E-state index contributed by atoms with van der Waals surface area (Å²) >= 11 is 5.97. The van der Waals surface area contributed by atoms with E-state index in [1.54, 1.807) is 6.07 Å². The third-order valence-electron chi connectivity index (χ3n) is 2.60. The molecule has 92 valence electrons. The second kappa shape index (κ2) is 5.56. The number of nitrogens with two attached hydrogens (primary N) is 1. The summed E-state index contributed by atoms with van der Waals surface area (Å²) in [5, 5.41) is 3.34. The molecule has 2 amide bonds. The lowest BCUT2D eigenvalue weighted by molar-refractivity contribution is 0.247. The first-order valence-corrected chi connectivity index (χ1v) is 5.91. The molecular formula is C14H13ClN2O. The quantitative estimate of drug-likeness (QED) is 0.875. The molecule has 18 heavy (non-hydrogen) atoms. The summed E-state index contributed by atoms with van der Waals surface area (Å²) in [4.78, 5) is 11.1. The number of carbonyl (C=O) groups is 1. The number of urea groups is 1. The third kappa shape index (κ3) is 3.02. The van der Waals surface area contributed by atoms with Crippen LogP contribution >= 0.6 is 11.6 Å². The lowest BCUT2D eigenvalue weighted by Gasteiger charge is -2.18. The van der Waals surface area contributed by atoms with E-state index in [1.807, 2.05) is 48.5 Å². The molecule has 0 unspecified atom stereocenters. The van der Waals surface area contributed by atoms with Gasteiger partial charge in [-0.3, -0.25) is 0 Å². The molecule has 0 heterocycles. The lowest BCUT2D eigenvalue weighted by atomic mass is 9.99. The third-order valence-corrected chi connectivity index (χ3v) is 2.84. The maximum Gasteiger partial charge on any atom is 0.312 e. The van der Waals surface area contributed by atoms with Gasteiger partial charge in [-0.25, -0.2) is 4.79 Å². The number of primary amides is 1. The second-order valence-electron chi connectivity index (χ2n) is 3.91. The number of carbonyl (C=O) groups excluding carboxylic acids is 1. The van der Waals surface area contributed by atoms with E-state index in [0.717, 1.165) is 11.1 Å². The molecule has 3 N–H and O–H groups in total. The van der Waals surface area contributed by atoms with Gasteiger partial charge >= 0.3 is 6.03 Å². The standard InChI is InChI=1S/C14H13ClN2O/c15-12-8-4-7-11(9-12)13(17-14(16)18)10-5-2-1-3-6-10/h1-9,13H,(H3,16,17,18)/t13-/m0/s1. The highest BCUT2D eigenvalue weighted by molar-refractivity contribution is 6.30. The monoisotopic (exact) mass is 260 g/mol. The summed E-state index contributed by atoms with van der Waals surface area (Å²) in [5.74, 6) is 0. The Balaban J connectivity index is 2.40. The van der Waals surface area contributed by atoms with Crippen molar-refractivity contribution in [3.8, 4) is 0 Å². The van der Waals surface area contributed by atoms with Crippen molar-refractivity contribution in [3.63, 3.8) is 0 Å². The Bertz CT molecular complexity index is 543. The molecule has 0 saturated heterocycles. The van der Waals surface area contributed by atoms with E-state index in [4.69, 9.17) is 17.3 Å². The van der Waals surface area contributed by atoms with Gasteiger partial charge < -0.3 is 11.1 Å². The fourth-order valence-electron chi connectivity index (χ4n) is 1.83. The summed E-state index contributed by atoms with van der Waals surface area (Å²) in [6.45, 7) is 0. The molecule has 0 aliphatic carbocycles. The number of nitrogens with one attached hydrogen (secondary N) is 1. The van der Waals surface area contributed by atoms with Crippen molar-refractivity contribution in [2.75, 3.05) is 0 Å². The van der Waals surface area contributed by atoms with Crippen LogP contribution < -0.4 is 11.1 Å². The summed E-state index contributed by atoms with van der Waals surface area (Å²) in [5.41, 5.74) is 7.08. The van der Waals surface area contributed by atoms with Crippen LogP contribution in [0.4, 0.5) is 4.79 Å². The summed E-state index contributed by atoms with van der Waals surface area (Å²) < 4.78 is 0. The van der Waals surface area contributed by atoms with Crippen molar-refractivity contribution in [2.45, 2.75) is 6.04 Å². The molecule has 3 nitrogen and oxygen atoms in total.